The number of β-amino-alcohol motifs (C(OH)–C–C–N with tert-alkyl or cyclic N) is 1. The fourth-order valence-electron chi connectivity index (χ4n) is 3.28. The number of amides is 1. The van der Waals surface area contributed by atoms with E-state index in [1.807, 2.05) is 31.2 Å². The van der Waals surface area contributed by atoms with Crippen molar-refractivity contribution in [2.24, 2.45) is 4.99 Å². The van der Waals surface area contributed by atoms with E-state index in [1.54, 1.807) is 0 Å². The summed E-state index contributed by atoms with van der Waals surface area (Å²) in [5.74, 6) is 0.736. The smallest absolute Gasteiger partial charge is 0.253 e. The van der Waals surface area contributed by atoms with E-state index in [2.05, 4.69) is 20.5 Å². The number of anilines is 1. The molecular formula is C19H28N4O3. The Morgan fingerprint density at radius 3 is 3.00 bits per heavy atom. The standard InChI is InChI=1S/C19H28N4O3/c1-2-20-19(23-9-8-16(24)13-23)21-12-14-5-3-6-15(11-14)22-18(25)17-7-4-10-26-17/h3,5-6,11,16-17,24H,2,4,7-10,12-13H2,1H3,(H,20,21)(H,22,25)/t16-,17?/m1/s1. The van der Waals surface area contributed by atoms with Crippen LogP contribution in [0.2, 0.25) is 0 Å². The van der Waals surface area contributed by atoms with Crippen LogP contribution in [-0.2, 0) is 16.1 Å². The molecule has 2 aliphatic rings. The molecule has 0 aromatic heterocycles. The lowest BCUT2D eigenvalue weighted by atomic mass is 10.2. The summed E-state index contributed by atoms with van der Waals surface area (Å²) in [6, 6.07) is 7.73. The van der Waals surface area contributed by atoms with Crippen LogP contribution in [0.4, 0.5) is 5.69 Å². The van der Waals surface area contributed by atoms with Crippen LogP contribution < -0.4 is 10.6 Å². The zero-order valence-corrected chi connectivity index (χ0v) is 15.3. The summed E-state index contributed by atoms with van der Waals surface area (Å²) in [6.45, 7) is 5.41. The molecule has 1 aromatic rings. The first-order chi connectivity index (χ1) is 12.7. The number of nitrogens with one attached hydrogen (secondary N) is 2. The maximum Gasteiger partial charge on any atom is 0.253 e. The van der Waals surface area contributed by atoms with Crippen LogP contribution in [0.25, 0.3) is 0 Å². The Morgan fingerprint density at radius 2 is 2.31 bits per heavy atom. The molecule has 0 aliphatic carbocycles. The Bertz CT molecular complexity index is 643. The van der Waals surface area contributed by atoms with Gasteiger partial charge in [0.05, 0.1) is 12.6 Å². The van der Waals surface area contributed by atoms with Crippen molar-refractivity contribution in [2.45, 2.75) is 44.9 Å². The maximum absolute atomic E-state index is 12.2. The zero-order chi connectivity index (χ0) is 18.4. The average Bonchev–Trinajstić information content (AvgIpc) is 3.31. The predicted octanol–water partition coefficient (Wildman–Crippen LogP) is 1.34. The summed E-state index contributed by atoms with van der Waals surface area (Å²) in [6.07, 6.45) is 1.87. The van der Waals surface area contributed by atoms with Crippen LogP contribution in [0.15, 0.2) is 29.3 Å². The fourth-order valence-corrected chi connectivity index (χ4v) is 3.28. The SMILES string of the molecule is CCNC(=NCc1cccc(NC(=O)C2CCCO2)c1)N1CC[C@@H](O)C1. The van der Waals surface area contributed by atoms with Gasteiger partial charge in [0.25, 0.3) is 5.91 Å². The molecule has 2 heterocycles. The van der Waals surface area contributed by atoms with Crippen molar-refractivity contribution in [1.29, 1.82) is 0 Å². The van der Waals surface area contributed by atoms with Gasteiger partial charge < -0.3 is 25.4 Å². The minimum Gasteiger partial charge on any atom is -0.391 e. The molecule has 3 rings (SSSR count). The van der Waals surface area contributed by atoms with Crippen molar-refractivity contribution in [2.75, 3.05) is 31.6 Å². The summed E-state index contributed by atoms with van der Waals surface area (Å²) in [4.78, 5) is 18.9. The highest BCUT2D eigenvalue weighted by molar-refractivity contribution is 5.94. The number of carbonyl (C=O) groups excluding carboxylic acids is 1. The van der Waals surface area contributed by atoms with E-state index in [9.17, 15) is 9.90 Å². The minimum atomic E-state index is -0.335. The second-order valence-electron chi connectivity index (χ2n) is 6.75. The molecule has 1 unspecified atom stereocenters. The topological polar surface area (TPSA) is 86.2 Å². The number of rotatable bonds is 5. The van der Waals surface area contributed by atoms with Gasteiger partial charge in [0.2, 0.25) is 0 Å². The monoisotopic (exact) mass is 360 g/mol. The Hall–Kier alpha value is -2.12. The summed E-state index contributed by atoms with van der Waals surface area (Å²) in [5.41, 5.74) is 1.78. The van der Waals surface area contributed by atoms with Crippen LogP contribution in [0.3, 0.4) is 0 Å². The lowest BCUT2D eigenvalue weighted by Gasteiger charge is -2.21. The van der Waals surface area contributed by atoms with Gasteiger partial charge in [-0.15, -0.1) is 0 Å². The van der Waals surface area contributed by atoms with Crippen LogP contribution in [0.5, 0.6) is 0 Å². The first-order valence-corrected chi connectivity index (χ1v) is 9.38. The molecule has 1 aromatic carbocycles. The molecule has 26 heavy (non-hydrogen) atoms. The van der Waals surface area contributed by atoms with Gasteiger partial charge in [-0.25, -0.2) is 4.99 Å². The van der Waals surface area contributed by atoms with E-state index in [0.29, 0.717) is 19.7 Å². The van der Waals surface area contributed by atoms with Gasteiger partial charge in [-0.3, -0.25) is 4.79 Å². The predicted molar refractivity (Wildman–Crippen MR) is 101 cm³/mol. The lowest BCUT2D eigenvalue weighted by Crippen LogP contribution is -2.40. The largest absolute Gasteiger partial charge is 0.391 e. The summed E-state index contributed by atoms with van der Waals surface area (Å²) < 4.78 is 5.42. The van der Waals surface area contributed by atoms with Crippen LogP contribution in [0.1, 0.15) is 31.7 Å². The van der Waals surface area contributed by atoms with Gasteiger partial charge >= 0.3 is 0 Å². The van der Waals surface area contributed by atoms with Crippen LogP contribution >= 0.6 is 0 Å². The van der Waals surface area contributed by atoms with Crippen LogP contribution in [0, 0.1) is 0 Å². The molecule has 142 valence electrons. The van der Waals surface area contributed by atoms with Crippen molar-refractivity contribution in [3.8, 4) is 0 Å². The van der Waals surface area contributed by atoms with E-state index in [0.717, 1.165) is 49.6 Å². The normalized spacial score (nSPS) is 23.3. The Balaban J connectivity index is 1.62. The van der Waals surface area contributed by atoms with Gasteiger partial charge in [-0.2, -0.15) is 0 Å². The molecule has 2 atom stereocenters. The lowest BCUT2D eigenvalue weighted by molar-refractivity contribution is -0.124. The molecule has 2 saturated heterocycles. The van der Waals surface area contributed by atoms with E-state index in [-0.39, 0.29) is 18.1 Å². The number of aliphatic imine (C=N–C) groups is 1. The third kappa shape index (κ3) is 4.95. The Labute approximate surface area is 154 Å². The summed E-state index contributed by atoms with van der Waals surface area (Å²) in [5, 5.41) is 15.9. The first kappa shape index (κ1) is 18.7. The molecule has 0 bridgehead atoms. The molecular weight excluding hydrogens is 332 g/mol. The number of hydrogen-bond acceptors (Lipinski definition) is 4. The number of benzene rings is 1. The average molecular weight is 360 g/mol. The number of carbonyl (C=O) groups is 1. The second-order valence-corrected chi connectivity index (χ2v) is 6.75. The van der Waals surface area contributed by atoms with Gasteiger partial charge in [0, 0.05) is 31.9 Å². The number of nitrogens with zero attached hydrogens (tertiary/aromatic N) is 2. The molecule has 7 heteroatoms. The summed E-state index contributed by atoms with van der Waals surface area (Å²) >= 11 is 0. The molecule has 2 aliphatic heterocycles. The van der Waals surface area contributed by atoms with Gasteiger partial charge in [0.1, 0.15) is 6.10 Å². The fraction of sp³-hybridized carbons (Fsp3) is 0.579. The van der Waals surface area contributed by atoms with Crippen LogP contribution in [-0.4, -0.2) is 60.3 Å². The molecule has 0 radical (unpaired) electrons. The van der Waals surface area contributed by atoms with Crippen molar-refractivity contribution in [3.63, 3.8) is 0 Å². The molecule has 0 saturated carbocycles. The Kier molecular flexibility index (Phi) is 6.46. The molecule has 7 nitrogen and oxygen atoms in total. The number of likely N-dealkylation sites (tertiary alicyclic amines) is 1. The number of ether oxygens (including phenoxy) is 1. The van der Waals surface area contributed by atoms with Crippen molar-refractivity contribution in [1.82, 2.24) is 10.2 Å². The van der Waals surface area contributed by atoms with Crippen molar-refractivity contribution in [3.05, 3.63) is 29.8 Å². The van der Waals surface area contributed by atoms with E-state index in [4.69, 9.17) is 4.74 Å². The highest BCUT2D eigenvalue weighted by Crippen LogP contribution is 2.17. The van der Waals surface area contributed by atoms with Crippen molar-refractivity contribution < 1.29 is 14.6 Å². The van der Waals surface area contributed by atoms with Gasteiger partial charge in [-0.1, -0.05) is 12.1 Å². The quantitative estimate of drug-likeness (QED) is 0.545. The molecule has 3 N–H and O–H groups in total. The number of guanidine groups is 1. The highest BCUT2D eigenvalue weighted by atomic mass is 16.5. The van der Waals surface area contributed by atoms with E-state index < -0.39 is 0 Å². The first-order valence-electron chi connectivity index (χ1n) is 9.38. The van der Waals surface area contributed by atoms with Crippen molar-refractivity contribution >= 4 is 17.6 Å². The number of aliphatic hydroxyl groups is 1. The minimum absolute atomic E-state index is 0.0810. The van der Waals surface area contributed by atoms with E-state index >= 15 is 0 Å². The maximum atomic E-state index is 12.2. The number of hydrogen-bond donors (Lipinski definition) is 3. The number of aliphatic hydroxyl groups excluding tert-OH is 1. The van der Waals surface area contributed by atoms with Gasteiger partial charge in [0.15, 0.2) is 5.96 Å². The second kappa shape index (κ2) is 9.00. The third-order valence-corrected chi connectivity index (χ3v) is 4.63. The third-order valence-electron chi connectivity index (χ3n) is 4.63. The molecule has 1 amide bonds. The zero-order valence-electron chi connectivity index (χ0n) is 15.3. The van der Waals surface area contributed by atoms with Gasteiger partial charge in [-0.05, 0) is 43.9 Å². The summed E-state index contributed by atoms with van der Waals surface area (Å²) in [7, 11) is 0. The van der Waals surface area contributed by atoms with E-state index in [1.165, 1.54) is 0 Å². The molecule has 0 spiro atoms. The Morgan fingerprint density at radius 1 is 1.42 bits per heavy atom. The highest BCUT2D eigenvalue weighted by Gasteiger charge is 2.24. The molecule has 2 fully saturated rings.